The first-order valence-electron chi connectivity index (χ1n) is 3.99. The number of nitrogens with zero attached hydrogens (tertiary/aromatic N) is 3. The Bertz CT molecular complexity index is 278. The molecule has 0 bridgehead atoms. The Morgan fingerprint density at radius 1 is 1.75 bits per heavy atom. The van der Waals surface area contributed by atoms with E-state index in [0.717, 1.165) is 24.2 Å². The lowest BCUT2D eigenvalue weighted by Crippen LogP contribution is -1.96. The van der Waals surface area contributed by atoms with Crippen molar-refractivity contribution in [3.05, 3.63) is 17.5 Å². The molecule has 0 aliphatic rings. The Morgan fingerprint density at radius 3 is 3.08 bits per heavy atom. The molecule has 66 valence electrons. The summed E-state index contributed by atoms with van der Waals surface area (Å²) in [5.41, 5.74) is 1.76. The van der Waals surface area contributed by atoms with Crippen molar-refractivity contribution in [2.45, 2.75) is 26.8 Å². The lowest BCUT2D eigenvalue weighted by atomic mass is 10.3. The van der Waals surface area contributed by atoms with E-state index in [4.69, 9.17) is 5.21 Å². The molecule has 0 aliphatic heterocycles. The van der Waals surface area contributed by atoms with E-state index in [-0.39, 0.29) is 0 Å². The van der Waals surface area contributed by atoms with Crippen LogP contribution in [0, 0.1) is 6.92 Å². The Hall–Kier alpha value is -1.32. The second-order valence-corrected chi connectivity index (χ2v) is 2.68. The summed E-state index contributed by atoms with van der Waals surface area (Å²) in [6, 6.07) is 0. The van der Waals surface area contributed by atoms with Gasteiger partial charge in [0.15, 0.2) is 0 Å². The van der Waals surface area contributed by atoms with Crippen LogP contribution in [0.15, 0.2) is 11.4 Å². The van der Waals surface area contributed by atoms with Crippen molar-refractivity contribution in [1.29, 1.82) is 0 Å². The maximum Gasteiger partial charge on any atom is 0.0768 e. The van der Waals surface area contributed by atoms with Crippen molar-refractivity contribution in [3.63, 3.8) is 0 Å². The quantitative estimate of drug-likeness (QED) is 0.420. The summed E-state index contributed by atoms with van der Waals surface area (Å²) in [5.74, 6) is 0. The second kappa shape index (κ2) is 3.90. The van der Waals surface area contributed by atoms with Gasteiger partial charge in [0.2, 0.25) is 0 Å². The van der Waals surface area contributed by atoms with Gasteiger partial charge in [-0.25, -0.2) is 0 Å². The first-order valence-corrected chi connectivity index (χ1v) is 3.99. The van der Waals surface area contributed by atoms with E-state index >= 15 is 0 Å². The maximum absolute atomic E-state index is 8.32. The van der Waals surface area contributed by atoms with Gasteiger partial charge in [-0.3, -0.25) is 4.68 Å². The first-order chi connectivity index (χ1) is 5.77. The molecule has 0 unspecified atom stereocenters. The fourth-order valence-electron chi connectivity index (χ4n) is 1.07. The molecule has 1 N–H and O–H groups in total. The van der Waals surface area contributed by atoms with E-state index in [9.17, 15) is 0 Å². The van der Waals surface area contributed by atoms with Crippen LogP contribution in [0.1, 0.15) is 24.6 Å². The number of oxime groups is 1. The van der Waals surface area contributed by atoms with Crippen LogP contribution in [0.25, 0.3) is 0 Å². The third-order valence-electron chi connectivity index (χ3n) is 1.63. The monoisotopic (exact) mass is 167 g/mol. The molecule has 0 radical (unpaired) electrons. The van der Waals surface area contributed by atoms with Gasteiger partial charge >= 0.3 is 0 Å². The molecule has 1 aromatic rings. The molecule has 0 saturated heterocycles. The van der Waals surface area contributed by atoms with Crippen LogP contribution in [-0.2, 0) is 6.54 Å². The summed E-state index contributed by atoms with van der Waals surface area (Å²) in [4.78, 5) is 0. The molecular weight excluding hydrogens is 154 g/mol. The number of rotatable bonds is 3. The summed E-state index contributed by atoms with van der Waals surface area (Å²) in [6.45, 7) is 4.89. The zero-order valence-corrected chi connectivity index (χ0v) is 7.36. The molecule has 1 aromatic heterocycles. The van der Waals surface area contributed by atoms with Gasteiger partial charge in [0, 0.05) is 18.3 Å². The van der Waals surface area contributed by atoms with Crippen LogP contribution in [0.3, 0.4) is 0 Å². The highest BCUT2D eigenvalue weighted by molar-refractivity contribution is 5.79. The minimum absolute atomic E-state index is 0.867. The summed E-state index contributed by atoms with van der Waals surface area (Å²) in [5, 5.41) is 15.5. The highest BCUT2D eigenvalue weighted by Crippen LogP contribution is 2.02. The molecule has 1 heterocycles. The van der Waals surface area contributed by atoms with Gasteiger partial charge in [0.1, 0.15) is 0 Å². The van der Waals surface area contributed by atoms with Gasteiger partial charge in [0.05, 0.1) is 11.9 Å². The van der Waals surface area contributed by atoms with Crippen LogP contribution in [0.2, 0.25) is 0 Å². The summed E-state index contributed by atoms with van der Waals surface area (Å²) in [6.07, 6.45) is 4.32. The molecule has 0 spiro atoms. The van der Waals surface area contributed by atoms with E-state index in [2.05, 4.69) is 17.2 Å². The molecule has 0 aromatic carbocycles. The molecule has 1 rings (SSSR count). The number of hydrogen-bond acceptors (Lipinski definition) is 3. The molecule has 12 heavy (non-hydrogen) atoms. The van der Waals surface area contributed by atoms with Gasteiger partial charge in [-0.15, -0.1) is 0 Å². The average molecular weight is 167 g/mol. The van der Waals surface area contributed by atoms with Crippen molar-refractivity contribution in [1.82, 2.24) is 9.78 Å². The van der Waals surface area contributed by atoms with Gasteiger partial charge in [-0.05, 0) is 13.3 Å². The zero-order valence-electron chi connectivity index (χ0n) is 7.36. The number of aromatic nitrogens is 2. The lowest BCUT2D eigenvalue weighted by molar-refractivity contribution is 0.322. The van der Waals surface area contributed by atoms with Crippen molar-refractivity contribution in [2.24, 2.45) is 5.16 Å². The number of aryl methyl sites for hydroxylation is 2. The third-order valence-corrected chi connectivity index (χ3v) is 1.63. The van der Waals surface area contributed by atoms with Gasteiger partial charge in [-0.1, -0.05) is 12.1 Å². The Morgan fingerprint density at radius 2 is 2.50 bits per heavy atom. The molecule has 0 saturated carbocycles. The lowest BCUT2D eigenvalue weighted by Gasteiger charge is -1.93. The summed E-state index contributed by atoms with van der Waals surface area (Å²) >= 11 is 0. The summed E-state index contributed by atoms with van der Waals surface area (Å²) < 4.78 is 1.85. The van der Waals surface area contributed by atoms with Gasteiger partial charge in [-0.2, -0.15) is 5.10 Å². The predicted molar refractivity (Wildman–Crippen MR) is 46.6 cm³/mol. The topological polar surface area (TPSA) is 50.4 Å². The fraction of sp³-hybridized carbons (Fsp3) is 0.500. The van der Waals surface area contributed by atoms with Crippen LogP contribution < -0.4 is 0 Å². The van der Waals surface area contributed by atoms with E-state index in [1.807, 2.05) is 17.8 Å². The van der Waals surface area contributed by atoms with Gasteiger partial charge in [0.25, 0.3) is 0 Å². The molecular formula is C8H13N3O. The normalized spacial score (nSPS) is 11.2. The Kier molecular flexibility index (Phi) is 2.85. The highest BCUT2D eigenvalue weighted by Gasteiger charge is 2.00. The van der Waals surface area contributed by atoms with E-state index in [1.165, 1.54) is 6.21 Å². The fourth-order valence-corrected chi connectivity index (χ4v) is 1.07. The molecule has 4 nitrogen and oxygen atoms in total. The van der Waals surface area contributed by atoms with Crippen molar-refractivity contribution < 1.29 is 5.21 Å². The number of hydrogen-bond donors (Lipinski definition) is 1. The summed E-state index contributed by atoms with van der Waals surface area (Å²) in [7, 11) is 0. The highest BCUT2D eigenvalue weighted by atomic mass is 16.4. The Balaban J connectivity index is 2.84. The first kappa shape index (κ1) is 8.77. The second-order valence-electron chi connectivity index (χ2n) is 2.68. The van der Waals surface area contributed by atoms with Crippen LogP contribution in [0.4, 0.5) is 0 Å². The predicted octanol–water partition coefficient (Wildman–Crippen LogP) is 1.41. The van der Waals surface area contributed by atoms with Crippen LogP contribution in [-0.4, -0.2) is 21.2 Å². The van der Waals surface area contributed by atoms with E-state index in [0.29, 0.717) is 0 Å². The van der Waals surface area contributed by atoms with E-state index < -0.39 is 0 Å². The van der Waals surface area contributed by atoms with Gasteiger partial charge < -0.3 is 5.21 Å². The molecule has 0 atom stereocenters. The van der Waals surface area contributed by atoms with Crippen molar-refractivity contribution in [3.8, 4) is 0 Å². The largest absolute Gasteiger partial charge is 0.411 e. The zero-order chi connectivity index (χ0) is 8.97. The van der Waals surface area contributed by atoms with Crippen molar-refractivity contribution in [2.75, 3.05) is 0 Å². The molecule has 0 amide bonds. The molecule has 4 heteroatoms. The third kappa shape index (κ3) is 1.84. The van der Waals surface area contributed by atoms with Crippen molar-refractivity contribution >= 4 is 6.21 Å². The Labute approximate surface area is 71.5 Å². The average Bonchev–Trinajstić information content (AvgIpc) is 2.34. The standard InChI is InChI=1S/C8H13N3O/c1-3-4-11-6-8(5-9-12)7(2)10-11/h5-6,12H,3-4H2,1-2H3. The van der Waals surface area contributed by atoms with E-state index in [1.54, 1.807) is 0 Å². The minimum Gasteiger partial charge on any atom is -0.411 e. The van der Waals surface area contributed by atoms with Crippen LogP contribution in [0.5, 0.6) is 0 Å². The molecule has 0 fully saturated rings. The minimum atomic E-state index is 0.867. The smallest absolute Gasteiger partial charge is 0.0768 e. The SMILES string of the molecule is CCCn1cc(C=NO)c(C)n1. The van der Waals surface area contributed by atoms with Crippen LogP contribution >= 0.6 is 0 Å². The maximum atomic E-state index is 8.32. The molecule has 0 aliphatic carbocycles.